The van der Waals surface area contributed by atoms with Gasteiger partial charge >= 0.3 is 23.9 Å². The van der Waals surface area contributed by atoms with E-state index in [1.165, 1.54) is 56.5 Å². The first kappa shape index (κ1) is 44.4. The molecule has 4 N–H and O–H groups in total. The van der Waals surface area contributed by atoms with Crippen LogP contribution in [0.15, 0.2) is 94.6 Å². The van der Waals surface area contributed by atoms with E-state index in [0.29, 0.717) is 0 Å². The van der Waals surface area contributed by atoms with Crippen molar-refractivity contribution in [3.63, 3.8) is 0 Å². The van der Waals surface area contributed by atoms with Crippen molar-refractivity contribution in [2.45, 2.75) is 115 Å². The molecule has 1 aliphatic heterocycles. The van der Waals surface area contributed by atoms with E-state index in [1.807, 2.05) is 0 Å². The van der Waals surface area contributed by atoms with Crippen molar-refractivity contribution in [2.24, 2.45) is 16.7 Å². The van der Waals surface area contributed by atoms with Gasteiger partial charge in [-0.05, 0) is 68.3 Å². The van der Waals surface area contributed by atoms with Gasteiger partial charge in [0.1, 0.15) is 35.7 Å². The first-order valence-electron chi connectivity index (χ1n) is 20.3. The second-order valence-electron chi connectivity index (χ2n) is 17.6. The average molecular weight is 858 g/mol. The lowest BCUT2D eigenvalue weighted by Crippen LogP contribution is -2.82. The smallest absolute Gasteiger partial charge is 0.341 e. The summed E-state index contributed by atoms with van der Waals surface area (Å²) in [6.45, 7) is 9.01. The van der Waals surface area contributed by atoms with Crippen LogP contribution in [-0.4, -0.2) is 105 Å². The fourth-order valence-electron chi connectivity index (χ4n) is 10.1. The van der Waals surface area contributed by atoms with Crippen LogP contribution in [-0.2, 0) is 42.9 Å². The molecule has 3 fully saturated rings. The Bertz CT molecular complexity index is 2290. The summed E-state index contributed by atoms with van der Waals surface area (Å²) in [5, 5.41) is 40.5. The van der Waals surface area contributed by atoms with E-state index in [1.54, 1.807) is 50.2 Å². The van der Waals surface area contributed by atoms with Crippen molar-refractivity contribution in [3.8, 4) is 0 Å². The Morgan fingerprint density at radius 3 is 2.06 bits per heavy atom. The number of hydrogen-bond donors (Lipinski definition) is 4. The number of carbonyl (C=O) groups excluding carboxylic acids is 6. The maximum atomic E-state index is 15.5. The highest BCUT2D eigenvalue weighted by Crippen LogP contribution is 2.64. The number of Topliss-reactive ketones (excluding diaryl/α,β-unsaturated/α-hetero) is 1. The van der Waals surface area contributed by atoms with Gasteiger partial charge in [-0.25, -0.2) is 9.59 Å². The molecular formula is C46H51NO15. The molecule has 16 nitrogen and oxygen atoms in total. The van der Waals surface area contributed by atoms with Crippen LogP contribution in [0.4, 0.5) is 0 Å². The van der Waals surface area contributed by atoms with Gasteiger partial charge in [0.2, 0.25) is 0 Å². The number of rotatable bonds is 10. The molecule has 4 aliphatic rings. The van der Waals surface area contributed by atoms with Crippen molar-refractivity contribution >= 4 is 35.6 Å². The third kappa shape index (κ3) is 7.02. The largest absolute Gasteiger partial charge is 0.467 e. The summed E-state index contributed by atoms with van der Waals surface area (Å²) in [4.78, 5) is 83.7. The zero-order valence-electron chi connectivity index (χ0n) is 35.4. The van der Waals surface area contributed by atoms with E-state index in [0.717, 1.165) is 20.8 Å². The van der Waals surface area contributed by atoms with E-state index < -0.39 is 112 Å². The summed E-state index contributed by atoms with van der Waals surface area (Å²) in [7, 11) is 0. The summed E-state index contributed by atoms with van der Waals surface area (Å²) in [5.74, 6) is -7.03. The quantitative estimate of drug-likeness (QED) is 0.129. The van der Waals surface area contributed by atoms with Crippen molar-refractivity contribution in [1.29, 1.82) is 0 Å². The molecule has 1 aromatic heterocycles. The number of hydrogen-bond acceptors (Lipinski definition) is 15. The maximum absolute atomic E-state index is 15.5. The number of esters is 4. The summed E-state index contributed by atoms with van der Waals surface area (Å²) in [5.41, 5.74) is -10.1. The van der Waals surface area contributed by atoms with E-state index >= 15 is 4.79 Å². The third-order valence-electron chi connectivity index (χ3n) is 13.5. The maximum Gasteiger partial charge on any atom is 0.341 e. The van der Waals surface area contributed by atoms with Crippen molar-refractivity contribution < 1.29 is 72.2 Å². The minimum Gasteiger partial charge on any atom is -0.467 e. The van der Waals surface area contributed by atoms with Crippen LogP contribution in [0.1, 0.15) is 93.8 Å². The third-order valence-corrected chi connectivity index (χ3v) is 13.5. The van der Waals surface area contributed by atoms with E-state index in [-0.39, 0.29) is 41.1 Å². The Morgan fingerprint density at radius 1 is 0.887 bits per heavy atom. The molecule has 11 atom stereocenters. The van der Waals surface area contributed by atoms with Gasteiger partial charge < -0.3 is 48.7 Å². The number of amides is 1. The second-order valence-corrected chi connectivity index (χ2v) is 17.6. The number of ether oxygens (including phenoxy) is 5. The molecule has 2 aromatic carbocycles. The molecule has 3 aliphatic carbocycles. The fourth-order valence-corrected chi connectivity index (χ4v) is 10.1. The van der Waals surface area contributed by atoms with Gasteiger partial charge in [0.05, 0.1) is 35.9 Å². The normalized spacial score (nSPS) is 32.5. The number of aliphatic hydroxyl groups is 3. The SMILES string of the molecule is CC(=O)O[C@H]1C(=O)[C@@]2(C)[C@H]([C@H](OC(=O)c3ccccc3)[C@]3(O)C[C@H](OC(=O)[C@](C)(O)[C@@H](NC(=O)c4ccccc4)c4ccco4)C(C)=C1C3(C)C)[C@]1(OC(C)=O)CO[C@@H]1C[C@@H]2O. The zero-order valence-corrected chi connectivity index (χ0v) is 35.4. The summed E-state index contributed by atoms with van der Waals surface area (Å²) in [6, 6.07) is 17.3. The van der Waals surface area contributed by atoms with Gasteiger partial charge in [0.15, 0.2) is 23.1 Å². The van der Waals surface area contributed by atoms with Gasteiger partial charge in [0, 0.05) is 37.7 Å². The lowest BCUT2D eigenvalue weighted by molar-refractivity contribution is -0.346. The summed E-state index contributed by atoms with van der Waals surface area (Å²) in [6.07, 6.45) is -7.33. The van der Waals surface area contributed by atoms with Crippen LogP contribution < -0.4 is 5.32 Å². The zero-order chi connectivity index (χ0) is 45.2. The van der Waals surface area contributed by atoms with Crippen LogP contribution in [0.5, 0.6) is 0 Å². The highest BCUT2D eigenvalue weighted by molar-refractivity contribution is 5.96. The van der Waals surface area contributed by atoms with Gasteiger partial charge in [-0.15, -0.1) is 0 Å². The van der Waals surface area contributed by atoms with Gasteiger partial charge in [-0.1, -0.05) is 50.2 Å². The van der Waals surface area contributed by atoms with Crippen LogP contribution in [0.3, 0.4) is 0 Å². The van der Waals surface area contributed by atoms with Gasteiger partial charge in [-0.2, -0.15) is 0 Å². The number of benzene rings is 2. The van der Waals surface area contributed by atoms with Crippen LogP contribution >= 0.6 is 0 Å². The number of aliphatic hydroxyl groups excluding tert-OH is 1. The van der Waals surface area contributed by atoms with Crippen molar-refractivity contribution in [3.05, 3.63) is 107 Å². The molecule has 0 radical (unpaired) electrons. The average Bonchev–Trinajstić information content (AvgIpc) is 3.76. The molecule has 16 heteroatoms. The van der Waals surface area contributed by atoms with Crippen LogP contribution in [0.25, 0.3) is 0 Å². The minimum absolute atomic E-state index is 0.00328. The molecule has 2 bridgehead atoms. The first-order chi connectivity index (χ1) is 29.1. The molecule has 0 spiro atoms. The molecule has 330 valence electrons. The number of nitrogens with one attached hydrogen (secondary N) is 1. The first-order valence-corrected chi connectivity index (χ1v) is 20.3. The van der Waals surface area contributed by atoms with Crippen molar-refractivity contribution in [1.82, 2.24) is 5.32 Å². The Labute approximate surface area is 357 Å². The molecule has 0 unspecified atom stereocenters. The van der Waals surface area contributed by atoms with Gasteiger partial charge in [0.25, 0.3) is 5.91 Å². The number of carbonyl (C=O) groups is 6. The lowest BCUT2D eigenvalue weighted by Gasteiger charge is -2.67. The Hall–Kier alpha value is -5.68. The van der Waals surface area contributed by atoms with Crippen LogP contribution in [0.2, 0.25) is 0 Å². The molecule has 1 amide bonds. The topological polar surface area (TPSA) is 234 Å². The van der Waals surface area contributed by atoms with E-state index in [2.05, 4.69) is 5.32 Å². The molecule has 7 rings (SSSR count). The monoisotopic (exact) mass is 857 g/mol. The molecule has 2 heterocycles. The Morgan fingerprint density at radius 2 is 1.52 bits per heavy atom. The van der Waals surface area contributed by atoms with Crippen molar-refractivity contribution in [2.75, 3.05) is 6.61 Å². The molecular weight excluding hydrogens is 806 g/mol. The summed E-state index contributed by atoms with van der Waals surface area (Å²) < 4.78 is 35.9. The summed E-state index contributed by atoms with van der Waals surface area (Å²) >= 11 is 0. The highest BCUT2D eigenvalue weighted by Gasteiger charge is 2.78. The standard InChI is InChI=1S/C46H51NO15/c1-24-30(60-41(54)44(7,55)36(29-19-14-20-57-29)47-39(52)27-15-10-8-11-16-27)22-46(56)38(61-40(53)28-17-12-9-13-18-28)35-43(6,31(50)21-32-45(35,23-58-32)62-26(3)49)37(51)34(59-25(2)48)33(24)42(46,4)5/h8-20,30-32,34-36,38,50,55-56H,21-23H2,1-7H3,(H,47,52)/t30-,31-,32+,34+,35-,36-,38-,43+,44+,45-,46+/m0/s1. The number of ketones is 1. The number of furan rings is 1. The van der Waals surface area contributed by atoms with E-state index in [9.17, 15) is 39.3 Å². The predicted molar refractivity (Wildman–Crippen MR) is 215 cm³/mol. The van der Waals surface area contributed by atoms with Crippen LogP contribution in [0, 0.1) is 16.7 Å². The fraction of sp³-hybridized carbons (Fsp3) is 0.478. The minimum atomic E-state index is -2.57. The highest BCUT2D eigenvalue weighted by atomic mass is 16.6. The predicted octanol–water partition coefficient (Wildman–Crippen LogP) is 3.72. The molecule has 2 saturated carbocycles. The second kappa shape index (κ2) is 15.9. The molecule has 1 saturated heterocycles. The van der Waals surface area contributed by atoms with Gasteiger partial charge in [-0.3, -0.25) is 19.2 Å². The lowest BCUT2D eigenvalue weighted by atomic mass is 9.44. The molecule has 3 aromatic rings. The van der Waals surface area contributed by atoms with E-state index in [4.69, 9.17) is 28.1 Å². The number of fused-ring (bicyclic) bond motifs is 5. The Balaban J connectivity index is 1.40. The molecule has 62 heavy (non-hydrogen) atoms. The Kier molecular flexibility index (Phi) is 11.4.